The molecule has 2 aromatic carbocycles. The van der Waals surface area contributed by atoms with E-state index in [4.69, 9.17) is 21.1 Å². The van der Waals surface area contributed by atoms with Crippen LogP contribution in [0.3, 0.4) is 0 Å². The van der Waals surface area contributed by atoms with E-state index in [9.17, 15) is 4.79 Å². The topological polar surface area (TPSA) is 47.6 Å². The Labute approximate surface area is 166 Å². The number of rotatable bonds is 7. The third kappa shape index (κ3) is 5.16. The summed E-state index contributed by atoms with van der Waals surface area (Å²) < 4.78 is 11.2. The van der Waals surface area contributed by atoms with Gasteiger partial charge in [-0.2, -0.15) is 0 Å². The third-order valence-corrected chi connectivity index (χ3v) is 4.89. The van der Waals surface area contributed by atoms with Gasteiger partial charge in [-0.3, -0.25) is 4.79 Å². The van der Waals surface area contributed by atoms with Crippen LogP contribution in [-0.2, 0) is 4.79 Å². The zero-order chi connectivity index (χ0) is 20.1. The van der Waals surface area contributed by atoms with Gasteiger partial charge < -0.3 is 14.8 Å². The summed E-state index contributed by atoms with van der Waals surface area (Å²) in [6, 6.07) is 11.1. The van der Waals surface area contributed by atoms with Crippen molar-refractivity contribution in [2.24, 2.45) is 0 Å². The van der Waals surface area contributed by atoms with Gasteiger partial charge in [0.15, 0.2) is 6.10 Å². The maximum atomic E-state index is 12.6. The predicted molar refractivity (Wildman–Crippen MR) is 110 cm³/mol. The molecule has 0 heterocycles. The number of halogens is 1. The first-order chi connectivity index (χ1) is 12.7. The monoisotopic (exact) mass is 389 g/mol. The summed E-state index contributed by atoms with van der Waals surface area (Å²) in [6.45, 7) is 9.96. The molecular formula is C22H28ClNO3. The van der Waals surface area contributed by atoms with Crippen LogP contribution in [0.1, 0.15) is 56.3 Å². The van der Waals surface area contributed by atoms with Crippen LogP contribution in [0.15, 0.2) is 36.4 Å². The maximum Gasteiger partial charge on any atom is 0.261 e. The highest BCUT2D eigenvalue weighted by molar-refractivity contribution is 6.32. The lowest BCUT2D eigenvalue weighted by molar-refractivity contribution is -0.127. The van der Waals surface area contributed by atoms with Crippen LogP contribution >= 0.6 is 11.6 Å². The molecule has 0 saturated heterocycles. The molecule has 0 aliphatic carbocycles. The fourth-order valence-corrected chi connectivity index (χ4v) is 3.18. The van der Waals surface area contributed by atoms with Crippen molar-refractivity contribution in [2.75, 3.05) is 7.11 Å². The van der Waals surface area contributed by atoms with Crippen LogP contribution in [0.4, 0.5) is 0 Å². The highest BCUT2D eigenvalue weighted by Crippen LogP contribution is 2.32. The van der Waals surface area contributed by atoms with Crippen molar-refractivity contribution in [3.8, 4) is 11.5 Å². The number of aryl methyl sites for hydroxylation is 1. The van der Waals surface area contributed by atoms with E-state index in [1.54, 1.807) is 26.2 Å². The van der Waals surface area contributed by atoms with Crippen molar-refractivity contribution in [2.45, 2.75) is 52.7 Å². The molecule has 1 amide bonds. The number of carbonyl (C=O) groups excluding carboxylic acids is 1. The second-order valence-corrected chi connectivity index (χ2v) is 7.43. The Hall–Kier alpha value is -2.20. The van der Waals surface area contributed by atoms with Gasteiger partial charge in [0.05, 0.1) is 18.2 Å². The van der Waals surface area contributed by atoms with Gasteiger partial charge in [0.25, 0.3) is 5.91 Å². The molecule has 1 N–H and O–H groups in total. The molecule has 0 bridgehead atoms. The van der Waals surface area contributed by atoms with Crippen molar-refractivity contribution < 1.29 is 14.3 Å². The molecule has 2 rings (SSSR count). The van der Waals surface area contributed by atoms with Crippen molar-refractivity contribution in [3.63, 3.8) is 0 Å². The molecule has 0 fully saturated rings. The lowest BCUT2D eigenvalue weighted by Gasteiger charge is -2.23. The molecule has 0 radical (unpaired) electrons. The van der Waals surface area contributed by atoms with E-state index < -0.39 is 6.10 Å². The number of carbonyl (C=O) groups is 1. The molecule has 0 unspecified atom stereocenters. The zero-order valence-electron chi connectivity index (χ0n) is 16.8. The SMILES string of the molecule is COc1cc(C)c([C@@H](C)NC(=O)[C@@H](C)Oc2ccccc2Cl)cc1C(C)C. The number of benzene rings is 2. The summed E-state index contributed by atoms with van der Waals surface area (Å²) >= 11 is 6.10. The van der Waals surface area contributed by atoms with E-state index in [1.165, 1.54) is 0 Å². The second kappa shape index (κ2) is 9.14. The lowest BCUT2D eigenvalue weighted by Crippen LogP contribution is -2.38. The first-order valence-electron chi connectivity index (χ1n) is 9.14. The van der Waals surface area contributed by atoms with Crippen molar-refractivity contribution in [3.05, 3.63) is 58.1 Å². The summed E-state index contributed by atoms with van der Waals surface area (Å²) in [7, 11) is 1.68. The predicted octanol–water partition coefficient (Wildman–Crippen LogP) is 5.43. The van der Waals surface area contributed by atoms with E-state index in [0.29, 0.717) is 16.7 Å². The van der Waals surface area contributed by atoms with Crippen LogP contribution in [-0.4, -0.2) is 19.1 Å². The average molecular weight is 390 g/mol. The molecular weight excluding hydrogens is 362 g/mol. The molecule has 4 nitrogen and oxygen atoms in total. The molecule has 2 aromatic rings. The molecule has 2 atom stereocenters. The smallest absolute Gasteiger partial charge is 0.261 e. The molecule has 0 spiro atoms. The average Bonchev–Trinajstić information content (AvgIpc) is 2.62. The maximum absolute atomic E-state index is 12.6. The normalized spacial score (nSPS) is 13.2. The largest absolute Gasteiger partial charge is 0.496 e. The fraction of sp³-hybridized carbons (Fsp3) is 0.409. The van der Waals surface area contributed by atoms with Crippen molar-refractivity contribution in [1.29, 1.82) is 0 Å². The standard InChI is InChI=1S/C22H28ClNO3/c1-13(2)17-12-18(14(3)11-21(17)26-6)15(4)24-22(25)16(5)27-20-10-8-7-9-19(20)23/h7-13,15-16H,1-6H3,(H,24,25)/t15-,16-/m1/s1. The number of nitrogens with one attached hydrogen (secondary N) is 1. The minimum atomic E-state index is -0.657. The van der Waals surface area contributed by atoms with E-state index >= 15 is 0 Å². The Morgan fingerprint density at radius 2 is 1.70 bits per heavy atom. The summed E-state index contributed by atoms with van der Waals surface area (Å²) in [5.74, 6) is 1.51. The number of hydrogen-bond donors (Lipinski definition) is 1. The molecule has 0 aliphatic heterocycles. The summed E-state index contributed by atoms with van der Waals surface area (Å²) in [4.78, 5) is 12.6. The number of ether oxygens (including phenoxy) is 2. The number of para-hydroxylation sites is 1. The van der Waals surface area contributed by atoms with E-state index in [2.05, 4.69) is 25.2 Å². The molecule has 27 heavy (non-hydrogen) atoms. The Bertz CT molecular complexity index is 804. The van der Waals surface area contributed by atoms with E-state index in [0.717, 1.165) is 22.4 Å². The fourth-order valence-electron chi connectivity index (χ4n) is 3.00. The van der Waals surface area contributed by atoms with Gasteiger partial charge in [-0.15, -0.1) is 0 Å². The Kier molecular flexibility index (Phi) is 7.14. The molecule has 0 saturated carbocycles. The minimum Gasteiger partial charge on any atom is -0.496 e. The van der Waals surface area contributed by atoms with Crippen LogP contribution in [0.2, 0.25) is 5.02 Å². The van der Waals surface area contributed by atoms with Gasteiger partial charge in [0.1, 0.15) is 11.5 Å². The van der Waals surface area contributed by atoms with Gasteiger partial charge in [-0.1, -0.05) is 37.6 Å². The first-order valence-corrected chi connectivity index (χ1v) is 9.52. The van der Waals surface area contributed by atoms with E-state index in [1.807, 2.05) is 32.0 Å². The molecule has 0 aliphatic rings. The van der Waals surface area contributed by atoms with Gasteiger partial charge in [-0.05, 0) is 67.6 Å². The highest BCUT2D eigenvalue weighted by Gasteiger charge is 2.21. The Morgan fingerprint density at radius 3 is 2.30 bits per heavy atom. The van der Waals surface area contributed by atoms with Gasteiger partial charge in [-0.25, -0.2) is 0 Å². The minimum absolute atomic E-state index is 0.154. The van der Waals surface area contributed by atoms with Crippen molar-refractivity contribution in [1.82, 2.24) is 5.32 Å². The summed E-state index contributed by atoms with van der Waals surface area (Å²) in [5.41, 5.74) is 3.26. The molecule has 5 heteroatoms. The van der Waals surface area contributed by atoms with Crippen LogP contribution in [0.5, 0.6) is 11.5 Å². The van der Waals surface area contributed by atoms with Crippen LogP contribution < -0.4 is 14.8 Å². The highest BCUT2D eigenvalue weighted by atomic mass is 35.5. The number of hydrogen-bond acceptors (Lipinski definition) is 3. The van der Waals surface area contributed by atoms with Crippen LogP contribution in [0.25, 0.3) is 0 Å². The van der Waals surface area contributed by atoms with Gasteiger partial charge >= 0.3 is 0 Å². The first kappa shape index (κ1) is 21.1. The number of amides is 1. The quantitative estimate of drug-likeness (QED) is 0.687. The van der Waals surface area contributed by atoms with E-state index in [-0.39, 0.29) is 11.9 Å². The lowest BCUT2D eigenvalue weighted by atomic mass is 9.93. The zero-order valence-corrected chi connectivity index (χ0v) is 17.6. The number of methoxy groups -OCH3 is 1. The van der Waals surface area contributed by atoms with Crippen molar-refractivity contribution >= 4 is 17.5 Å². The van der Waals surface area contributed by atoms with Gasteiger partial charge in [0, 0.05) is 0 Å². The van der Waals surface area contributed by atoms with Gasteiger partial charge in [0.2, 0.25) is 0 Å². The second-order valence-electron chi connectivity index (χ2n) is 7.03. The molecule has 146 valence electrons. The van der Waals surface area contributed by atoms with Crippen LogP contribution in [0, 0.1) is 6.92 Å². The summed E-state index contributed by atoms with van der Waals surface area (Å²) in [6.07, 6.45) is -0.657. The third-order valence-electron chi connectivity index (χ3n) is 4.58. The summed E-state index contributed by atoms with van der Waals surface area (Å²) in [5, 5.41) is 3.52. The molecule has 0 aromatic heterocycles. The Morgan fingerprint density at radius 1 is 1.04 bits per heavy atom. The Balaban J connectivity index is 2.14.